The molecule has 0 saturated carbocycles. The van der Waals surface area contributed by atoms with Crippen molar-refractivity contribution in [1.82, 2.24) is 19.9 Å². The largest absolute Gasteiger partial charge is 0.461 e. The first kappa shape index (κ1) is 16.0. The van der Waals surface area contributed by atoms with Gasteiger partial charge < -0.3 is 10.3 Å². The molecule has 0 saturated heterocycles. The lowest BCUT2D eigenvalue weighted by atomic mass is 10.1. The zero-order valence-electron chi connectivity index (χ0n) is 13.3. The van der Waals surface area contributed by atoms with E-state index in [-0.39, 0.29) is 0 Å². The second-order valence-electron chi connectivity index (χ2n) is 5.46. The van der Waals surface area contributed by atoms with Gasteiger partial charge in [0.2, 0.25) is 11.0 Å². The minimum Gasteiger partial charge on any atom is -0.461 e. The van der Waals surface area contributed by atoms with E-state index < -0.39 is 0 Å². The minimum absolute atomic E-state index is 0.473. The third-order valence-electron chi connectivity index (χ3n) is 3.89. The molecule has 126 valence electrons. The highest BCUT2D eigenvalue weighted by molar-refractivity contribution is 7.98. The highest BCUT2D eigenvalue weighted by Crippen LogP contribution is 2.31. The monoisotopic (exact) mass is 371 g/mol. The molecular formula is C17H14ClN5OS. The number of hydrogen-bond acceptors (Lipinski definition) is 6. The van der Waals surface area contributed by atoms with E-state index in [1.54, 1.807) is 18.4 Å². The van der Waals surface area contributed by atoms with Gasteiger partial charge in [-0.3, -0.25) is 4.98 Å². The lowest BCUT2D eigenvalue weighted by Gasteiger charge is -2.09. The normalized spacial score (nSPS) is 11.3. The molecule has 3 heterocycles. The lowest BCUT2D eigenvalue weighted by Crippen LogP contribution is -2.11. The van der Waals surface area contributed by atoms with E-state index in [2.05, 4.69) is 15.2 Å². The Balaban J connectivity index is 1.62. The molecule has 0 unspecified atom stereocenters. The van der Waals surface area contributed by atoms with Gasteiger partial charge in [0.1, 0.15) is 0 Å². The van der Waals surface area contributed by atoms with Crippen LogP contribution < -0.4 is 5.84 Å². The van der Waals surface area contributed by atoms with Crippen molar-refractivity contribution in [1.29, 1.82) is 0 Å². The summed E-state index contributed by atoms with van der Waals surface area (Å²) in [6, 6.07) is 11.5. The summed E-state index contributed by atoms with van der Waals surface area (Å²) < 4.78 is 6.72. The number of halogens is 1. The molecule has 25 heavy (non-hydrogen) atoms. The molecule has 0 spiro atoms. The second-order valence-corrected chi connectivity index (χ2v) is 6.78. The van der Waals surface area contributed by atoms with Gasteiger partial charge in [0.05, 0.1) is 22.5 Å². The second kappa shape index (κ2) is 6.42. The fourth-order valence-electron chi connectivity index (χ4n) is 2.60. The van der Waals surface area contributed by atoms with Crippen LogP contribution >= 0.6 is 23.4 Å². The summed E-state index contributed by atoms with van der Waals surface area (Å²) in [7, 11) is 0. The molecule has 6 nitrogen and oxygen atoms in total. The minimum atomic E-state index is 0.473. The van der Waals surface area contributed by atoms with Crippen LogP contribution in [0, 0.1) is 6.92 Å². The van der Waals surface area contributed by atoms with Crippen LogP contribution in [-0.2, 0) is 5.75 Å². The van der Waals surface area contributed by atoms with Crippen LogP contribution in [0.1, 0.15) is 11.3 Å². The van der Waals surface area contributed by atoms with Gasteiger partial charge in [0.25, 0.3) is 0 Å². The highest BCUT2D eigenvalue weighted by atomic mass is 35.5. The van der Waals surface area contributed by atoms with Crippen molar-refractivity contribution < 1.29 is 4.42 Å². The molecule has 0 amide bonds. The maximum atomic E-state index is 6.50. The van der Waals surface area contributed by atoms with E-state index in [9.17, 15) is 0 Å². The van der Waals surface area contributed by atoms with Crippen molar-refractivity contribution in [2.24, 2.45) is 0 Å². The van der Waals surface area contributed by atoms with Crippen LogP contribution in [0.15, 0.2) is 52.2 Å². The molecule has 8 heteroatoms. The smallest absolute Gasteiger partial charge is 0.218 e. The average Bonchev–Trinajstić information content (AvgIpc) is 3.27. The Kier molecular flexibility index (Phi) is 4.10. The van der Waals surface area contributed by atoms with Gasteiger partial charge in [-0.2, -0.15) is 0 Å². The maximum absolute atomic E-state index is 6.50. The van der Waals surface area contributed by atoms with E-state index in [1.807, 2.05) is 31.2 Å². The zero-order chi connectivity index (χ0) is 17.4. The SMILES string of the molecule is Cc1c(Cl)c(CSc2nnc(-c3ccco3)n2N)nc2ccccc12. The number of benzene rings is 1. The molecule has 0 radical (unpaired) electrons. The third-order valence-corrected chi connectivity index (χ3v) is 5.35. The Morgan fingerprint density at radius 2 is 2.04 bits per heavy atom. The molecule has 3 aromatic heterocycles. The summed E-state index contributed by atoms with van der Waals surface area (Å²) in [5, 5.41) is 10.5. The Bertz CT molecular complexity index is 1040. The van der Waals surface area contributed by atoms with Crippen LogP contribution in [0.3, 0.4) is 0 Å². The number of pyridine rings is 1. The van der Waals surface area contributed by atoms with Gasteiger partial charge in [-0.1, -0.05) is 41.6 Å². The topological polar surface area (TPSA) is 82.8 Å². The summed E-state index contributed by atoms with van der Waals surface area (Å²) in [6.45, 7) is 2.00. The number of rotatable bonds is 4. The molecule has 0 aliphatic heterocycles. The van der Waals surface area contributed by atoms with Crippen molar-refractivity contribution in [2.75, 3.05) is 5.84 Å². The Hall–Kier alpha value is -2.51. The first-order valence-electron chi connectivity index (χ1n) is 7.56. The Labute approximate surface area is 153 Å². The standard InChI is InChI=1S/C17H14ClN5OS/c1-10-11-5-2-3-6-12(11)20-13(15(10)18)9-25-17-22-21-16(23(17)19)14-7-4-8-24-14/h2-8H,9,19H2,1H3. The van der Waals surface area contributed by atoms with Gasteiger partial charge in [-0.15, -0.1) is 10.2 Å². The quantitative estimate of drug-likeness (QED) is 0.430. The van der Waals surface area contributed by atoms with Gasteiger partial charge in [-0.25, -0.2) is 4.68 Å². The summed E-state index contributed by atoms with van der Waals surface area (Å²) in [5.74, 6) is 7.66. The van der Waals surface area contributed by atoms with E-state index >= 15 is 0 Å². The number of aromatic nitrogens is 4. The first-order valence-corrected chi connectivity index (χ1v) is 8.92. The molecule has 0 aliphatic rings. The van der Waals surface area contributed by atoms with Crippen LogP contribution in [-0.4, -0.2) is 19.9 Å². The van der Waals surface area contributed by atoms with Gasteiger partial charge >= 0.3 is 0 Å². The van der Waals surface area contributed by atoms with E-state index in [0.29, 0.717) is 27.5 Å². The zero-order valence-corrected chi connectivity index (χ0v) is 14.9. The van der Waals surface area contributed by atoms with Crippen LogP contribution in [0.25, 0.3) is 22.5 Å². The van der Waals surface area contributed by atoms with Crippen molar-refractivity contribution in [2.45, 2.75) is 17.8 Å². The Morgan fingerprint density at radius 3 is 2.84 bits per heavy atom. The van der Waals surface area contributed by atoms with Gasteiger partial charge in [0, 0.05) is 11.1 Å². The van der Waals surface area contributed by atoms with E-state index in [1.165, 1.54) is 16.4 Å². The number of nitrogens with two attached hydrogens (primary N) is 1. The molecule has 4 aromatic rings. The predicted molar refractivity (Wildman–Crippen MR) is 98.9 cm³/mol. The summed E-state index contributed by atoms with van der Waals surface area (Å²) >= 11 is 7.93. The average molecular weight is 372 g/mol. The van der Waals surface area contributed by atoms with Crippen LogP contribution in [0.4, 0.5) is 0 Å². The van der Waals surface area contributed by atoms with Gasteiger partial charge in [0.15, 0.2) is 5.76 Å². The number of hydrogen-bond donors (Lipinski definition) is 1. The summed E-state index contributed by atoms with van der Waals surface area (Å²) in [4.78, 5) is 4.67. The summed E-state index contributed by atoms with van der Waals surface area (Å²) in [6.07, 6.45) is 1.57. The molecular weight excluding hydrogens is 358 g/mol. The molecule has 0 atom stereocenters. The first-order chi connectivity index (χ1) is 12.1. The number of thioether (sulfide) groups is 1. The summed E-state index contributed by atoms with van der Waals surface area (Å²) in [5.41, 5.74) is 2.74. The molecule has 4 rings (SSSR count). The van der Waals surface area contributed by atoms with E-state index in [4.69, 9.17) is 21.9 Å². The lowest BCUT2D eigenvalue weighted by molar-refractivity contribution is 0.574. The number of fused-ring (bicyclic) bond motifs is 1. The molecule has 2 N–H and O–H groups in total. The molecule has 0 fully saturated rings. The fraction of sp³-hybridized carbons (Fsp3) is 0.118. The number of aryl methyl sites for hydroxylation is 1. The molecule has 0 bridgehead atoms. The van der Waals surface area contributed by atoms with Crippen LogP contribution in [0.5, 0.6) is 0 Å². The van der Waals surface area contributed by atoms with Crippen LogP contribution in [0.2, 0.25) is 5.02 Å². The number of para-hydroxylation sites is 1. The fourth-order valence-corrected chi connectivity index (χ4v) is 3.68. The highest BCUT2D eigenvalue weighted by Gasteiger charge is 2.16. The van der Waals surface area contributed by atoms with Crippen molar-refractivity contribution in [3.63, 3.8) is 0 Å². The molecule has 0 aliphatic carbocycles. The number of nitrogen functional groups attached to an aromatic ring is 1. The maximum Gasteiger partial charge on any atom is 0.218 e. The van der Waals surface area contributed by atoms with E-state index in [0.717, 1.165) is 22.2 Å². The van der Waals surface area contributed by atoms with Crippen molar-refractivity contribution >= 4 is 34.3 Å². The van der Waals surface area contributed by atoms with Crippen molar-refractivity contribution in [3.05, 3.63) is 58.9 Å². The predicted octanol–water partition coefficient (Wildman–Crippen LogP) is 4.05. The number of furan rings is 1. The van der Waals surface area contributed by atoms with Crippen molar-refractivity contribution in [3.8, 4) is 11.6 Å². The number of nitrogens with zero attached hydrogens (tertiary/aromatic N) is 4. The Morgan fingerprint density at radius 1 is 1.20 bits per heavy atom. The third kappa shape index (κ3) is 2.85. The van der Waals surface area contributed by atoms with Gasteiger partial charge in [-0.05, 0) is 30.7 Å². The molecule has 1 aromatic carbocycles.